The normalized spacial score (nSPS) is 10.2. The number of carbonyl (C=O) groups is 1. The summed E-state index contributed by atoms with van der Waals surface area (Å²) in [6.45, 7) is 3.78. The monoisotopic (exact) mass is 271 g/mol. The Morgan fingerprint density at radius 3 is 2.61 bits per heavy atom. The molecule has 0 aliphatic heterocycles. The number of nitro benzene ring substituents is 1. The molecule has 6 heteroatoms. The van der Waals surface area contributed by atoms with Crippen LogP contribution in [0.25, 0.3) is 0 Å². The number of ether oxygens (including phenoxy) is 1. The van der Waals surface area contributed by atoms with Crippen molar-refractivity contribution in [3.05, 3.63) is 38.9 Å². The molecule has 0 aliphatic rings. The smallest absolute Gasteiger partial charge is 0.310 e. The summed E-state index contributed by atoms with van der Waals surface area (Å²) in [7, 11) is 0. The molecule has 1 rings (SSSR count). The Hall–Kier alpha value is -1.62. The highest BCUT2D eigenvalue weighted by Crippen LogP contribution is 2.27. The maximum absolute atomic E-state index is 11.5. The maximum Gasteiger partial charge on any atom is 0.310 e. The lowest BCUT2D eigenvalue weighted by molar-refractivity contribution is -0.385. The Balaban J connectivity index is 3.19. The minimum absolute atomic E-state index is 0.00338. The summed E-state index contributed by atoms with van der Waals surface area (Å²) >= 11 is 5.76. The fourth-order valence-electron chi connectivity index (χ4n) is 1.72. The van der Waals surface area contributed by atoms with Crippen LogP contribution < -0.4 is 0 Å². The van der Waals surface area contributed by atoms with Crippen LogP contribution in [0.5, 0.6) is 0 Å². The van der Waals surface area contributed by atoms with E-state index in [0.717, 1.165) is 5.56 Å². The molecule has 0 saturated carbocycles. The molecule has 0 spiro atoms. The second-order valence-electron chi connectivity index (χ2n) is 3.73. The van der Waals surface area contributed by atoms with Gasteiger partial charge in [-0.25, -0.2) is 0 Å². The average molecular weight is 272 g/mol. The van der Waals surface area contributed by atoms with Gasteiger partial charge < -0.3 is 4.74 Å². The lowest BCUT2D eigenvalue weighted by Crippen LogP contribution is -2.11. The molecule has 0 heterocycles. The number of halogens is 1. The topological polar surface area (TPSA) is 69.4 Å². The van der Waals surface area contributed by atoms with Crippen molar-refractivity contribution in [3.8, 4) is 0 Å². The minimum atomic E-state index is -0.494. The number of aryl methyl sites for hydroxylation is 1. The molecule has 1 aromatic rings. The summed E-state index contributed by atoms with van der Waals surface area (Å²) < 4.78 is 4.85. The van der Waals surface area contributed by atoms with Crippen molar-refractivity contribution in [2.24, 2.45) is 0 Å². The fraction of sp³-hybridized carbons (Fsp3) is 0.417. The molecule has 0 fully saturated rings. The molecule has 0 saturated heterocycles. The van der Waals surface area contributed by atoms with Gasteiger partial charge in [0.2, 0.25) is 0 Å². The first-order valence-corrected chi connectivity index (χ1v) is 6.02. The van der Waals surface area contributed by atoms with Crippen molar-refractivity contribution >= 4 is 23.3 Å². The van der Waals surface area contributed by atoms with E-state index in [1.807, 2.05) is 0 Å². The van der Waals surface area contributed by atoms with Gasteiger partial charge in [0, 0.05) is 11.6 Å². The van der Waals surface area contributed by atoms with E-state index in [-0.39, 0.29) is 24.6 Å². The van der Waals surface area contributed by atoms with Crippen LogP contribution in [0.15, 0.2) is 12.1 Å². The third-order valence-electron chi connectivity index (χ3n) is 2.60. The Bertz CT molecular complexity index is 473. The number of esters is 1. The molecule has 0 radical (unpaired) electrons. The van der Waals surface area contributed by atoms with E-state index >= 15 is 0 Å². The quantitative estimate of drug-likeness (QED) is 0.357. The largest absolute Gasteiger partial charge is 0.466 e. The van der Waals surface area contributed by atoms with E-state index in [4.69, 9.17) is 16.3 Å². The van der Waals surface area contributed by atoms with E-state index < -0.39 is 10.9 Å². The third kappa shape index (κ3) is 3.20. The van der Waals surface area contributed by atoms with Gasteiger partial charge in [-0.05, 0) is 25.0 Å². The van der Waals surface area contributed by atoms with E-state index in [0.29, 0.717) is 11.1 Å². The Kier molecular flexibility index (Phi) is 5.09. The first-order chi connectivity index (χ1) is 8.51. The van der Waals surface area contributed by atoms with Crippen LogP contribution in [0.3, 0.4) is 0 Å². The van der Waals surface area contributed by atoms with Gasteiger partial charge in [0.05, 0.1) is 23.8 Å². The number of nitro groups is 1. The number of hydrogen-bond donors (Lipinski definition) is 0. The third-order valence-corrected chi connectivity index (χ3v) is 2.86. The molecule has 98 valence electrons. The predicted molar refractivity (Wildman–Crippen MR) is 67.7 cm³/mol. The molecule has 0 bridgehead atoms. The molecule has 0 N–H and O–H groups in total. The highest BCUT2D eigenvalue weighted by Gasteiger charge is 2.20. The van der Waals surface area contributed by atoms with Crippen LogP contribution in [0.2, 0.25) is 0 Å². The Morgan fingerprint density at radius 1 is 1.44 bits per heavy atom. The maximum atomic E-state index is 11.5. The molecule has 0 aromatic heterocycles. The molecule has 0 atom stereocenters. The van der Waals surface area contributed by atoms with Gasteiger partial charge in [0.25, 0.3) is 5.69 Å². The van der Waals surface area contributed by atoms with Crippen molar-refractivity contribution in [2.45, 2.75) is 26.1 Å². The van der Waals surface area contributed by atoms with Crippen LogP contribution >= 0.6 is 11.6 Å². The van der Waals surface area contributed by atoms with Crippen molar-refractivity contribution in [1.29, 1.82) is 0 Å². The fourth-order valence-corrected chi connectivity index (χ4v) is 2.02. The summed E-state index contributed by atoms with van der Waals surface area (Å²) in [6, 6.07) is 3.02. The average Bonchev–Trinajstić information content (AvgIpc) is 2.31. The molecule has 18 heavy (non-hydrogen) atoms. The zero-order valence-corrected chi connectivity index (χ0v) is 11.0. The zero-order valence-electron chi connectivity index (χ0n) is 10.2. The minimum Gasteiger partial charge on any atom is -0.466 e. The van der Waals surface area contributed by atoms with Gasteiger partial charge >= 0.3 is 5.97 Å². The van der Waals surface area contributed by atoms with E-state index in [1.54, 1.807) is 19.9 Å². The number of carbonyl (C=O) groups excluding carboxylic acids is 1. The van der Waals surface area contributed by atoms with Gasteiger partial charge in [-0.15, -0.1) is 11.6 Å². The van der Waals surface area contributed by atoms with Crippen molar-refractivity contribution < 1.29 is 14.5 Å². The van der Waals surface area contributed by atoms with Gasteiger partial charge in [-0.2, -0.15) is 0 Å². The molecular weight excluding hydrogens is 258 g/mol. The van der Waals surface area contributed by atoms with Crippen molar-refractivity contribution in [3.63, 3.8) is 0 Å². The van der Waals surface area contributed by atoms with Gasteiger partial charge in [-0.1, -0.05) is 6.07 Å². The zero-order chi connectivity index (χ0) is 13.7. The van der Waals surface area contributed by atoms with E-state index in [1.165, 1.54) is 6.07 Å². The Morgan fingerprint density at radius 2 is 2.11 bits per heavy atom. The molecule has 0 aliphatic carbocycles. The molecule has 1 aromatic carbocycles. The summed E-state index contributed by atoms with van der Waals surface area (Å²) in [5.74, 6) is -0.417. The van der Waals surface area contributed by atoms with Crippen LogP contribution in [-0.2, 0) is 21.8 Å². The number of hydrogen-bond acceptors (Lipinski definition) is 4. The van der Waals surface area contributed by atoms with Crippen LogP contribution in [0.1, 0.15) is 23.6 Å². The van der Waals surface area contributed by atoms with Gasteiger partial charge in [-0.3, -0.25) is 14.9 Å². The Labute approximate surface area is 110 Å². The van der Waals surface area contributed by atoms with Gasteiger partial charge in [0.1, 0.15) is 0 Å². The van der Waals surface area contributed by atoms with Crippen molar-refractivity contribution in [2.75, 3.05) is 6.61 Å². The van der Waals surface area contributed by atoms with Crippen molar-refractivity contribution in [1.82, 2.24) is 0 Å². The van der Waals surface area contributed by atoms with E-state index in [2.05, 4.69) is 0 Å². The summed E-state index contributed by atoms with van der Waals surface area (Å²) in [6.07, 6.45) is 0.00338. The highest BCUT2D eigenvalue weighted by molar-refractivity contribution is 6.17. The molecule has 5 nitrogen and oxygen atoms in total. The first kappa shape index (κ1) is 14.4. The number of nitrogens with zero attached hydrogens (tertiary/aromatic N) is 1. The molecular formula is C12H14ClNO4. The number of alkyl halides is 1. The second kappa shape index (κ2) is 6.35. The summed E-state index contributed by atoms with van der Waals surface area (Å²) in [4.78, 5) is 21.9. The van der Waals surface area contributed by atoms with Crippen LogP contribution in [0, 0.1) is 17.0 Å². The number of rotatable bonds is 5. The van der Waals surface area contributed by atoms with E-state index in [9.17, 15) is 14.9 Å². The number of benzene rings is 1. The highest BCUT2D eigenvalue weighted by atomic mass is 35.5. The predicted octanol–water partition coefficient (Wildman–Crippen LogP) is 2.75. The lowest BCUT2D eigenvalue weighted by Gasteiger charge is -2.10. The first-order valence-electron chi connectivity index (χ1n) is 5.48. The van der Waals surface area contributed by atoms with Gasteiger partial charge in [0.15, 0.2) is 0 Å². The lowest BCUT2D eigenvalue weighted by atomic mass is 9.98. The van der Waals surface area contributed by atoms with Crippen LogP contribution in [-0.4, -0.2) is 17.5 Å². The summed E-state index contributed by atoms with van der Waals surface area (Å²) in [5, 5.41) is 10.9. The second-order valence-corrected chi connectivity index (χ2v) is 4.00. The molecule has 0 amide bonds. The SMILES string of the molecule is CCOC(=O)Cc1c(C)ccc([N+](=O)[O-])c1CCl. The van der Waals surface area contributed by atoms with Crippen LogP contribution in [0.4, 0.5) is 5.69 Å². The molecule has 0 unspecified atom stereocenters. The standard InChI is InChI=1S/C12H14ClNO4/c1-3-18-12(15)6-9-8(2)4-5-11(14(16)17)10(9)7-13/h4-5H,3,6-7H2,1-2H3. The summed E-state index contributed by atoms with van der Waals surface area (Å²) in [5.41, 5.74) is 1.70.